The number of hydrogen-bond donors (Lipinski definition) is 3. The molecule has 0 aliphatic carbocycles. The van der Waals surface area contributed by atoms with Crippen molar-refractivity contribution >= 4 is 5.91 Å². The van der Waals surface area contributed by atoms with Crippen molar-refractivity contribution in [2.75, 3.05) is 6.61 Å². The summed E-state index contributed by atoms with van der Waals surface area (Å²) in [5, 5.41) is 22.6. The number of carbonyl (C=O) groups excluding carboxylic acids is 1. The van der Waals surface area contributed by atoms with Crippen molar-refractivity contribution in [3.05, 3.63) is 60.8 Å². The molecule has 0 saturated heterocycles. The zero-order valence-electron chi connectivity index (χ0n) is 23.3. The summed E-state index contributed by atoms with van der Waals surface area (Å²) in [6, 6.07) is -0.650. The van der Waals surface area contributed by atoms with Crippen molar-refractivity contribution < 1.29 is 15.0 Å². The van der Waals surface area contributed by atoms with Crippen LogP contribution < -0.4 is 5.32 Å². The maximum atomic E-state index is 12.2. The molecular weight excluding hydrogens is 446 g/mol. The lowest BCUT2D eigenvalue weighted by molar-refractivity contribution is -0.123. The summed E-state index contributed by atoms with van der Waals surface area (Å²) < 4.78 is 0. The van der Waals surface area contributed by atoms with E-state index in [0.717, 1.165) is 64.2 Å². The van der Waals surface area contributed by atoms with Gasteiger partial charge in [-0.05, 0) is 64.2 Å². The Kier molecular flexibility index (Phi) is 26.2. The fourth-order valence-electron chi connectivity index (χ4n) is 3.70. The van der Waals surface area contributed by atoms with Crippen LogP contribution in [0.3, 0.4) is 0 Å². The molecule has 3 N–H and O–H groups in total. The van der Waals surface area contributed by atoms with Gasteiger partial charge in [-0.25, -0.2) is 0 Å². The summed E-state index contributed by atoms with van der Waals surface area (Å²) in [5.41, 5.74) is 0. The van der Waals surface area contributed by atoms with Crippen molar-refractivity contribution in [2.24, 2.45) is 0 Å². The monoisotopic (exact) mass is 501 g/mol. The van der Waals surface area contributed by atoms with Gasteiger partial charge in [0.2, 0.25) is 5.91 Å². The maximum Gasteiger partial charge on any atom is 0.220 e. The second-order valence-electron chi connectivity index (χ2n) is 9.41. The topological polar surface area (TPSA) is 69.6 Å². The molecule has 2 atom stereocenters. The molecule has 0 heterocycles. The van der Waals surface area contributed by atoms with E-state index in [1.165, 1.54) is 32.1 Å². The Morgan fingerprint density at radius 2 is 1.25 bits per heavy atom. The normalized spacial score (nSPS) is 14.2. The van der Waals surface area contributed by atoms with E-state index >= 15 is 0 Å². The highest BCUT2D eigenvalue weighted by Gasteiger charge is 2.17. The fourth-order valence-corrected chi connectivity index (χ4v) is 3.70. The molecular formula is C32H55NO3. The second-order valence-corrected chi connectivity index (χ2v) is 9.41. The number of aliphatic hydroxyl groups excluding tert-OH is 2. The van der Waals surface area contributed by atoms with Gasteiger partial charge in [-0.3, -0.25) is 4.79 Å². The molecule has 1 amide bonds. The molecule has 0 aliphatic heterocycles. The summed E-state index contributed by atoms with van der Waals surface area (Å²) >= 11 is 0. The summed E-state index contributed by atoms with van der Waals surface area (Å²) in [6.07, 6.45) is 37.2. The van der Waals surface area contributed by atoms with Gasteiger partial charge in [-0.2, -0.15) is 0 Å². The highest BCUT2D eigenvalue weighted by molar-refractivity contribution is 5.76. The SMILES string of the molecule is CC/C=C/CC/C=C/CC/C=C/C(O)C(CO)NC(=O)CCCCCCC/C=C\C/C=C\CCCC. The Morgan fingerprint density at radius 3 is 1.89 bits per heavy atom. The van der Waals surface area contributed by atoms with Gasteiger partial charge >= 0.3 is 0 Å². The third-order valence-corrected chi connectivity index (χ3v) is 5.96. The minimum Gasteiger partial charge on any atom is -0.394 e. The number of unbranched alkanes of at least 4 members (excludes halogenated alkanes) is 9. The van der Waals surface area contributed by atoms with E-state index in [9.17, 15) is 15.0 Å². The van der Waals surface area contributed by atoms with Crippen LogP contribution >= 0.6 is 0 Å². The van der Waals surface area contributed by atoms with Crippen LogP contribution in [-0.4, -0.2) is 34.9 Å². The van der Waals surface area contributed by atoms with Crippen molar-refractivity contribution in [2.45, 2.75) is 129 Å². The standard InChI is InChI=1S/C32H55NO3/c1-3-5-7-9-11-13-15-16-17-18-20-22-24-26-28-32(36)33-30(29-34)31(35)27-25-23-21-19-14-12-10-8-6-4-2/h6,8-9,11,14-16,19,25,27,30-31,34-35H,3-5,7,10,12-13,17-18,20-24,26,28-29H2,1-2H3,(H,33,36)/b8-6+,11-9-,16-15-,19-14+,27-25+. The zero-order valence-corrected chi connectivity index (χ0v) is 23.3. The minimum absolute atomic E-state index is 0.100. The van der Waals surface area contributed by atoms with Gasteiger partial charge in [0.25, 0.3) is 0 Å². The van der Waals surface area contributed by atoms with Crippen LogP contribution in [0.15, 0.2) is 60.8 Å². The predicted molar refractivity (Wildman–Crippen MR) is 156 cm³/mol. The smallest absolute Gasteiger partial charge is 0.220 e. The van der Waals surface area contributed by atoms with Crippen molar-refractivity contribution in [1.29, 1.82) is 0 Å². The van der Waals surface area contributed by atoms with Crippen LogP contribution in [0.1, 0.15) is 117 Å². The van der Waals surface area contributed by atoms with E-state index < -0.39 is 12.1 Å². The van der Waals surface area contributed by atoms with Gasteiger partial charge in [-0.15, -0.1) is 0 Å². The van der Waals surface area contributed by atoms with Crippen LogP contribution in [0.5, 0.6) is 0 Å². The largest absolute Gasteiger partial charge is 0.394 e. The Labute approximate surface area is 222 Å². The molecule has 4 nitrogen and oxygen atoms in total. The zero-order chi connectivity index (χ0) is 26.5. The molecule has 0 radical (unpaired) electrons. The Bertz CT molecular complexity index is 633. The fraction of sp³-hybridized carbons (Fsp3) is 0.656. The number of amides is 1. The third kappa shape index (κ3) is 23.8. The van der Waals surface area contributed by atoms with Crippen LogP contribution in [0.2, 0.25) is 0 Å². The Morgan fingerprint density at radius 1 is 0.694 bits per heavy atom. The lowest BCUT2D eigenvalue weighted by Crippen LogP contribution is -2.45. The lowest BCUT2D eigenvalue weighted by atomic mass is 10.1. The summed E-state index contributed by atoms with van der Waals surface area (Å²) in [6.45, 7) is 4.08. The molecule has 0 bridgehead atoms. The molecule has 0 aromatic carbocycles. The van der Waals surface area contributed by atoms with Gasteiger partial charge in [-0.1, -0.05) is 107 Å². The molecule has 0 fully saturated rings. The predicted octanol–water partition coefficient (Wildman–Crippen LogP) is 7.89. The first-order valence-electron chi connectivity index (χ1n) is 14.5. The van der Waals surface area contributed by atoms with Gasteiger partial charge in [0.15, 0.2) is 0 Å². The van der Waals surface area contributed by atoms with Crippen LogP contribution in [0.25, 0.3) is 0 Å². The molecule has 36 heavy (non-hydrogen) atoms. The summed E-state index contributed by atoms with van der Waals surface area (Å²) in [4.78, 5) is 12.2. The van der Waals surface area contributed by atoms with E-state index in [4.69, 9.17) is 0 Å². The average molecular weight is 502 g/mol. The molecule has 0 aliphatic rings. The first-order valence-corrected chi connectivity index (χ1v) is 14.5. The number of nitrogens with one attached hydrogen (secondary N) is 1. The highest BCUT2D eigenvalue weighted by Crippen LogP contribution is 2.09. The van der Waals surface area contributed by atoms with E-state index in [2.05, 4.69) is 67.8 Å². The van der Waals surface area contributed by atoms with Crippen molar-refractivity contribution in [3.63, 3.8) is 0 Å². The molecule has 206 valence electrons. The molecule has 0 aromatic rings. The minimum atomic E-state index is -0.873. The molecule has 0 spiro atoms. The highest BCUT2D eigenvalue weighted by atomic mass is 16.3. The van der Waals surface area contributed by atoms with Gasteiger partial charge in [0.05, 0.1) is 18.8 Å². The number of allylic oxidation sites excluding steroid dienone is 9. The number of aliphatic hydroxyl groups is 2. The second kappa shape index (κ2) is 27.7. The number of hydrogen-bond acceptors (Lipinski definition) is 3. The third-order valence-electron chi connectivity index (χ3n) is 5.96. The van der Waals surface area contributed by atoms with E-state index in [0.29, 0.717) is 6.42 Å². The van der Waals surface area contributed by atoms with Gasteiger partial charge in [0, 0.05) is 6.42 Å². The number of carbonyl (C=O) groups is 1. The van der Waals surface area contributed by atoms with Crippen LogP contribution in [0, 0.1) is 0 Å². The lowest BCUT2D eigenvalue weighted by Gasteiger charge is -2.19. The molecule has 0 rings (SSSR count). The van der Waals surface area contributed by atoms with Gasteiger partial charge < -0.3 is 15.5 Å². The molecule has 0 saturated carbocycles. The van der Waals surface area contributed by atoms with Crippen LogP contribution in [-0.2, 0) is 4.79 Å². The Balaban J connectivity index is 3.81. The quantitative estimate of drug-likeness (QED) is 0.0930. The molecule has 4 heteroatoms. The van der Waals surface area contributed by atoms with E-state index in [1.807, 2.05) is 6.08 Å². The van der Waals surface area contributed by atoms with Crippen LogP contribution in [0.4, 0.5) is 0 Å². The summed E-state index contributed by atoms with van der Waals surface area (Å²) in [7, 11) is 0. The average Bonchev–Trinajstić information content (AvgIpc) is 2.88. The Hall–Kier alpha value is -1.91. The summed E-state index contributed by atoms with van der Waals surface area (Å²) in [5.74, 6) is -0.100. The van der Waals surface area contributed by atoms with Crippen molar-refractivity contribution in [3.8, 4) is 0 Å². The maximum absolute atomic E-state index is 12.2. The molecule has 2 unspecified atom stereocenters. The van der Waals surface area contributed by atoms with E-state index in [1.54, 1.807) is 6.08 Å². The first-order chi connectivity index (χ1) is 17.7. The first kappa shape index (κ1) is 34.1. The van der Waals surface area contributed by atoms with Crippen molar-refractivity contribution in [1.82, 2.24) is 5.32 Å². The number of rotatable bonds is 24. The van der Waals surface area contributed by atoms with Gasteiger partial charge in [0.1, 0.15) is 0 Å². The van der Waals surface area contributed by atoms with E-state index in [-0.39, 0.29) is 12.5 Å². The molecule has 0 aromatic heterocycles.